The smallest absolute Gasteiger partial charge is 0.195 e. The Labute approximate surface area is 88.1 Å². The highest BCUT2D eigenvalue weighted by Crippen LogP contribution is 2.17. The van der Waals surface area contributed by atoms with Crippen molar-refractivity contribution in [2.24, 2.45) is 0 Å². The molecule has 0 atom stereocenters. The first-order valence-corrected chi connectivity index (χ1v) is 4.54. The summed E-state index contributed by atoms with van der Waals surface area (Å²) >= 11 is 5.74. The lowest BCUT2D eigenvalue weighted by Crippen LogP contribution is -2.11. The molecular weight excluding hydrogens is 200 g/mol. The molecule has 74 valence electrons. The number of Topliss-reactive ketones (excluding diaryl/α,β-unsaturated/α-hetero) is 1. The van der Waals surface area contributed by atoms with Crippen LogP contribution in [0.1, 0.15) is 6.92 Å². The fourth-order valence-electron chi connectivity index (χ4n) is 0.829. The molecule has 0 fully saturated rings. The van der Waals surface area contributed by atoms with Crippen molar-refractivity contribution < 1.29 is 9.53 Å². The van der Waals surface area contributed by atoms with Crippen molar-refractivity contribution in [1.29, 1.82) is 0 Å². The number of benzene rings is 1. The van der Waals surface area contributed by atoms with Crippen LogP contribution in [0.5, 0.6) is 5.75 Å². The molecule has 1 aromatic carbocycles. The fraction of sp³-hybridized carbons (Fsp3) is 0.182. The minimum atomic E-state index is -0.107. The van der Waals surface area contributed by atoms with Crippen LogP contribution in [0.25, 0.3) is 0 Å². The number of ether oxygens (including phenoxy) is 1. The number of halogens is 1. The molecule has 0 unspecified atom stereocenters. The van der Waals surface area contributed by atoms with Gasteiger partial charge in [0.2, 0.25) is 0 Å². The Balaban J connectivity index is 2.54. The second-order valence-corrected chi connectivity index (χ2v) is 3.39. The van der Waals surface area contributed by atoms with Crippen LogP contribution >= 0.6 is 11.6 Å². The fourth-order valence-corrected chi connectivity index (χ4v) is 1.01. The maximum absolute atomic E-state index is 11.1. The number of carbonyl (C=O) groups excluding carboxylic acids is 1. The predicted octanol–water partition coefficient (Wildman–Crippen LogP) is 2.86. The van der Waals surface area contributed by atoms with Gasteiger partial charge in [0.1, 0.15) is 5.75 Å². The van der Waals surface area contributed by atoms with Gasteiger partial charge >= 0.3 is 0 Å². The second-order valence-electron chi connectivity index (χ2n) is 2.95. The van der Waals surface area contributed by atoms with Crippen LogP contribution in [0, 0.1) is 0 Å². The standard InChI is InChI=1S/C11H11ClO2/c1-8(2)11(13)7-14-10-5-3-4-9(12)6-10/h3-6H,1,7H2,2H3. The number of ketones is 1. The van der Waals surface area contributed by atoms with E-state index < -0.39 is 0 Å². The zero-order valence-corrected chi connectivity index (χ0v) is 8.67. The molecule has 0 aliphatic heterocycles. The third-order valence-electron chi connectivity index (χ3n) is 1.64. The van der Waals surface area contributed by atoms with Crippen LogP contribution in [0.3, 0.4) is 0 Å². The highest BCUT2D eigenvalue weighted by atomic mass is 35.5. The van der Waals surface area contributed by atoms with Crippen molar-refractivity contribution >= 4 is 17.4 Å². The first-order chi connectivity index (χ1) is 6.59. The summed E-state index contributed by atoms with van der Waals surface area (Å²) in [4.78, 5) is 11.1. The van der Waals surface area contributed by atoms with Crippen molar-refractivity contribution in [3.05, 3.63) is 41.4 Å². The number of rotatable bonds is 4. The van der Waals surface area contributed by atoms with Gasteiger partial charge in [-0.25, -0.2) is 0 Å². The molecule has 3 heteroatoms. The molecule has 0 spiro atoms. The number of hydrogen-bond donors (Lipinski definition) is 0. The Kier molecular flexibility index (Phi) is 3.72. The van der Waals surface area contributed by atoms with E-state index in [1.807, 2.05) is 0 Å². The van der Waals surface area contributed by atoms with Gasteiger partial charge in [0.25, 0.3) is 0 Å². The first-order valence-electron chi connectivity index (χ1n) is 4.16. The highest BCUT2D eigenvalue weighted by Gasteiger charge is 2.03. The molecule has 0 aliphatic rings. The molecule has 0 N–H and O–H groups in total. The molecule has 0 bridgehead atoms. The summed E-state index contributed by atoms with van der Waals surface area (Å²) in [5, 5.41) is 0.588. The Hall–Kier alpha value is -1.28. The molecule has 0 aliphatic carbocycles. The van der Waals surface area contributed by atoms with Gasteiger partial charge in [-0.3, -0.25) is 4.79 Å². The average molecular weight is 211 g/mol. The van der Waals surface area contributed by atoms with E-state index in [9.17, 15) is 4.79 Å². The lowest BCUT2D eigenvalue weighted by molar-refractivity contribution is -0.117. The molecule has 0 radical (unpaired) electrons. The van der Waals surface area contributed by atoms with Crippen LogP contribution in [0.4, 0.5) is 0 Å². The summed E-state index contributed by atoms with van der Waals surface area (Å²) in [6, 6.07) is 6.92. The van der Waals surface area contributed by atoms with E-state index >= 15 is 0 Å². The SMILES string of the molecule is C=C(C)C(=O)COc1cccc(Cl)c1. The summed E-state index contributed by atoms with van der Waals surface area (Å²) in [5.41, 5.74) is 0.493. The Morgan fingerprint density at radius 1 is 1.57 bits per heavy atom. The maximum atomic E-state index is 11.1. The van der Waals surface area contributed by atoms with Gasteiger partial charge in [-0.2, -0.15) is 0 Å². The normalized spacial score (nSPS) is 9.57. The molecular formula is C11H11ClO2. The van der Waals surface area contributed by atoms with Crippen LogP contribution in [0.2, 0.25) is 5.02 Å². The van der Waals surface area contributed by atoms with Gasteiger partial charge in [0.05, 0.1) is 0 Å². The molecule has 0 saturated heterocycles. The highest BCUT2D eigenvalue weighted by molar-refractivity contribution is 6.30. The van der Waals surface area contributed by atoms with E-state index in [2.05, 4.69) is 6.58 Å². The van der Waals surface area contributed by atoms with E-state index in [4.69, 9.17) is 16.3 Å². The average Bonchev–Trinajstić information content (AvgIpc) is 2.14. The molecule has 2 nitrogen and oxygen atoms in total. The molecule has 0 heterocycles. The second kappa shape index (κ2) is 4.82. The summed E-state index contributed by atoms with van der Waals surface area (Å²) in [6.07, 6.45) is 0. The van der Waals surface area contributed by atoms with Crippen LogP contribution in [0.15, 0.2) is 36.4 Å². The number of carbonyl (C=O) groups is 1. The lowest BCUT2D eigenvalue weighted by Gasteiger charge is -2.04. The largest absolute Gasteiger partial charge is 0.485 e. The van der Waals surface area contributed by atoms with Gasteiger partial charge in [-0.15, -0.1) is 0 Å². The third-order valence-corrected chi connectivity index (χ3v) is 1.88. The predicted molar refractivity (Wildman–Crippen MR) is 56.8 cm³/mol. The third kappa shape index (κ3) is 3.23. The first kappa shape index (κ1) is 10.8. The minimum absolute atomic E-state index is 0.00960. The zero-order chi connectivity index (χ0) is 10.6. The van der Waals surface area contributed by atoms with Gasteiger partial charge in [0.15, 0.2) is 12.4 Å². The van der Waals surface area contributed by atoms with E-state index in [0.29, 0.717) is 16.3 Å². The van der Waals surface area contributed by atoms with Crippen LogP contribution < -0.4 is 4.74 Å². The Bertz CT molecular complexity index is 358. The van der Waals surface area contributed by atoms with E-state index in [0.717, 1.165) is 0 Å². The molecule has 0 saturated carbocycles. The summed E-state index contributed by atoms with van der Waals surface area (Å²) in [7, 11) is 0. The van der Waals surface area contributed by atoms with Gasteiger partial charge in [-0.05, 0) is 30.7 Å². The van der Waals surface area contributed by atoms with Crippen LogP contribution in [-0.2, 0) is 4.79 Å². The quantitative estimate of drug-likeness (QED) is 0.715. The van der Waals surface area contributed by atoms with Crippen molar-refractivity contribution in [3.8, 4) is 5.75 Å². The molecule has 0 aromatic heterocycles. The van der Waals surface area contributed by atoms with Gasteiger partial charge in [-0.1, -0.05) is 24.2 Å². The summed E-state index contributed by atoms with van der Waals surface area (Å²) in [6.45, 7) is 5.20. The van der Waals surface area contributed by atoms with Crippen molar-refractivity contribution in [3.63, 3.8) is 0 Å². The van der Waals surface area contributed by atoms with Gasteiger partial charge in [0, 0.05) is 5.02 Å². The topological polar surface area (TPSA) is 26.3 Å². The molecule has 0 amide bonds. The lowest BCUT2D eigenvalue weighted by atomic mass is 10.2. The zero-order valence-electron chi connectivity index (χ0n) is 7.92. The van der Waals surface area contributed by atoms with Crippen molar-refractivity contribution in [1.82, 2.24) is 0 Å². The summed E-state index contributed by atoms with van der Waals surface area (Å²) in [5.74, 6) is 0.483. The summed E-state index contributed by atoms with van der Waals surface area (Å²) < 4.78 is 5.22. The molecule has 1 aromatic rings. The van der Waals surface area contributed by atoms with Crippen LogP contribution in [-0.4, -0.2) is 12.4 Å². The van der Waals surface area contributed by atoms with E-state index in [-0.39, 0.29) is 12.4 Å². The maximum Gasteiger partial charge on any atom is 0.195 e. The monoisotopic (exact) mass is 210 g/mol. The Morgan fingerprint density at radius 2 is 2.29 bits per heavy atom. The van der Waals surface area contributed by atoms with Crippen molar-refractivity contribution in [2.45, 2.75) is 6.92 Å². The Morgan fingerprint density at radius 3 is 2.86 bits per heavy atom. The van der Waals surface area contributed by atoms with Gasteiger partial charge < -0.3 is 4.74 Å². The van der Waals surface area contributed by atoms with Crippen molar-refractivity contribution in [2.75, 3.05) is 6.61 Å². The van der Waals surface area contributed by atoms with E-state index in [1.165, 1.54) is 0 Å². The minimum Gasteiger partial charge on any atom is -0.485 e. The number of hydrogen-bond acceptors (Lipinski definition) is 2. The molecule has 1 rings (SSSR count). The van der Waals surface area contributed by atoms with E-state index in [1.54, 1.807) is 31.2 Å². The molecule has 14 heavy (non-hydrogen) atoms.